The van der Waals surface area contributed by atoms with Crippen molar-refractivity contribution in [3.05, 3.63) is 10.6 Å². The summed E-state index contributed by atoms with van der Waals surface area (Å²) in [6, 6.07) is 0.755. The summed E-state index contributed by atoms with van der Waals surface area (Å²) in [7, 11) is 0. The van der Waals surface area contributed by atoms with E-state index in [1.807, 2.05) is 11.3 Å². The third-order valence-corrected chi connectivity index (χ3v) is 5.83. The van der Waals surface area contributed by atoms with Gasteiger partial charge in [-0.05, 0) is 31.1 Å². The number of thiazole rings is 1. The Labute approximate surface area is 120 Å². The van der Waals surface area contributed by atoms with Crippen LogP contribution in [0, 0.1) is 5.92 Å². The molecule has 19 heavy (non-hydrogen) atoms. The number of hydrogen-bond donors (Lipinski definition) is 1. The molecule has 3 rings (SSSR count). The summed E-state index contributed by atoms with van der Waals surface area (Å²) in [6.45, 7) is 6.26. The van der Waals surface area contributed by atoms with Gasteiger partial charge in [0.2, 0.25) is 0 Å². The van der Waals surface area contributed by atoms with Crippen LogP contribution in [0.5, 0.6) is 0 Å². The molecule has 1 aliphatic carbocycles. The summed E-state index contributed by atoms with van der Waals surface area (Å²) >= 11 is 1.83. The van der Waals surface area contributed by atoms with E-state index in [1.165, 1.54) is 54.4 Å². The van der Waals surface area contributed by atoms with E-state index >= 15 is 0 Å². The smallest absolute Gasteiger partial charge is 0.186 e. The van der Waals surface area contributed by atoms with Crippen molar-refractivity contribution in [3.63, 3.8) is 0 Å². The standard InChI is InChI=1S/C15H25N3S/c1-10(2)14-13(9-16)19-15(17-14)18-8-7-11-5-3-4-6-12(11)18/h10-12H,3-9,16H2,1-2H3. The van der Waals surface area contributed by atoms with Gasteiger partial charge in [0.15, 0.2) is 5.13 Å². The molecule has 2 heterocycles. The fraction of sp³-hybridized carbons (Fsp3) is 0.800. The van der Waals surface area contributed by atoms with Crippen LogP contribution in [0.15, 0.2) is 0 Å². The van der Waals surface area contributed by atoms with Gasteiger partial charge in [-0.2, -0.15) is 0 Å². The number of anilines is 1. The summed E-state index contributed by atoms with van der Waals surface area (Å²) in [4.78, 5) is 8.78. The molecule has 4 heteroatoms. The second kappa shape index (κ2) is 5.41. The molecule has 2 aliphatic rings. The molecular weight excluding hydrogens is 254 g/mol. The fourth-order valence-electron chi connectivity index (χ4n) is 3.71. The zero-order valence-electron chi connectivity index (χ0n) is 12.1. The van der Waals surface area contributed by atoms with Crippen LogP contribution in [0.3, 0.4) is 0 Å². The van der Waals surface area contributed by atoms with E-state index in [0.717, 1.165) is 12.0 Å². The predicted octanol–water partition coefficient (Wildman–Crippen LogP) is 3.49. The average molecular weight is 279 g/mol. The first-order valence-electron chi connectivity index (χ1n) is 7.67. The Morgan fingerprint density at radius 2 is 2.11 bits per heavy atom. The van der Waals surface area contributed by atoms with Crippen LogP contribution in [-0.2, 0) is 6.54 Å². The zero-order valence-corrected chi connectivity index (χ0v) is 12.9. The number of fused-ring (bicyclic) bond motifs is 1. The Morgan fingerprint density at radius 3 is 2.79 bits per heavy atom. The Hall–Kier alpha value is -0.610. The zero-order chi connectivity index (χ0) is 13.4. The predicted molar refractivity (Wildman–Crippen MR) is 81.8 cm³/mol. The first kappa shape index (κ1) is 13.4. The van der Waals surface area contributed by atoms with Crippen molar-refractivity contribution in [2.75, 3.05) is 11.4 Å². The van der Waals surface area contributed by atoms with E-state index in [2.05, 4.69) is 18.7 Å². The largest absolute Gasteiger partial charge is 0.345 e. The lowest BCUT2D eigenvalue weighted by Crippen LogP contribution is -2.34. The van der Waals surface area contributed by atoms with E-state index in [1.54, 1.807) is 0 Å². The van der Waals surface area contributed by atoms with Crippen LogP contribution in [-0.4, -0.2) is 17.6 Å². The molecule has 2 atom stereocenters. The van der Waals surface area contributed by atoms with Gasteiger partial charge in [-0.1, -0.05) is 26.7 Å². The minimum absolute atomic E-state index is 0.480. The van der Waals surface area contributed by atoms with Crippen molar-refractivity contribution in [1.29, 1.82) is 0 Å². The molecule has 2 unspecified atom stereocenters. The van der Waals surface area contributed by atoms with Gasteiger partial charge in [0.05, 0.1) is 5.69 Å². The molecule has 0 bridgehead atoms. The molecule has 106 valence electrons. The van der Waals surface area contributed by atoms with Gasteiger partial charge < -0.3 is 10.6 Å². The molecule has 1 aromatic heterocycles. The summed E-state index contributed by atoms with van der Waals surface area (Å²) in [5.74, 6) is 1.40. The topological polar surface area (TPSA) is 42.2 Å². The molecule has 0 spiro atoms. The number of hydrogen-bond acceptors (Lipinski definition) is 4. The summed E-state index contributed by atoms with van der Waals surface area (Å²) in [6.07, 6.45) is 6.97. The van der Waals surface area contributed by atoms with Gasteiger partial charge in [-0.3, -0.25) is 0 Å². The maximum Gasteiger partial charge on any atom is 0.186 e. The van der Waals surface area contributed by atoms with Crippen LogP contribution in [0.25, 0.3) is 0 Å². The fourth-order valence-corrected chi connectivity index (χ4v) is 4.89. The summed E-state index contributed by atoms with van der Waals surface area (Å²) in [5, 5.41) is 1.23. The van der Waals surface area contributed by atoms with E-state index in [4.69, 9.17) is 10.7 Å². The van der Waals surface area contributed by atoms with Crippen LogP contribution >= 0.6 is 11.3 Å². The van der Waals surface area contributed by atoms with E-state index < -0.39 is 0 Å². The van der Waals surface area contributed by atoms with Crippen LogP contribution in [0.2, 0.25) is 0 Å². The Bertz CT molecular complexity index is 441. The van der Waals surface area contributed by atoms with E-state index in [-0.39, 0.29) is 0 Å². The van der Waals surface area contributed by atoms with Crippen LogP contribution in [0.1, 0.15) is 62.4 Å². The molecule has 3 nitrogen and oxygen atoms in total. The lowest BCUT2D eigenvalue weighted by molar-refractivity contribution is 0.342. The quantitative estimate of drug-likeness (QED) is 0.921. The molecule has 2 fully saturated rings. The number of nitrogens with two attached hydrogens (primary N) is 1. The van der Waals surface area contributed by atoms with Crippen molar-refractivity contribution in [2.24, 2.45) is 11.7 Å². The van der Waals surface area contributed by atoms with Gasteiger partial charge in [0.25, 0.3) is 0 Å². The van der Waals surface area contributed by atoms with Crippen molar-refractivity contribution in [2.45, 2.75) is 64.5 Å². The normalized spacial score (nSPS) is 27.1. The SMILES string of the molecule is CC(C)c1nc(N2CCC3CCCCC32)sc1CN. The first-order chi connectivity index (χ1) is 9.20. The maximum absolute atomic E-state index is 5.88. The second-order valence-corrected chi connectivity index (χ2v) is 7.32. The second-order valence-electron chi connectivity index (χ2n) is 6.26. The Kier molecular flexibility index (Phi) is 3.81. The minimum Gasteiger partial charge on any atom is -0.345 e. The molecule has 1 saturated carbocycles. The van der Waals surface area contributed by atoms with Gasteiger partial charge >= 0.3 is 0 Å². The molecule has 1 saturated heterocycles. The van der Waals surface area contributed by atoms with Crippen molar-refractivity contribution >= 4 is 16.5 Å². The molecular formula is C15H25N3S. The Balaban J connectivity index is 1.86. The molecule has 1 aromatic rings. The lowest BCUT2D eigenvalue weighted by atomic mass is 9.85. The van der Waals surface area contributed by atoms with Crippen molar-refractivity contribution in [3.8, 4) is 0 Å². The highest BCUT2D eigenvalue weighted by molar-refractivity contribution is 7.15. The monoisotopic (exact) mass is 279 g/mol. The third kappa shape index (κ3) is 2.40. The summed E-state index contributed by atoms with van der Waals surface area (Å²) in [5.41, 5.74) is 7.11. The molecule has 0 aromatic carbocycles. The number of nitrogens with zero attached hydrogens (tertiary/aromatic N) is 2. The van der Waals surface area contributed by atoms with Crippen molar-refractivity contribution in [1.82, 2.24) is 4.98 Å². The highest BCUT2D eigenvalue weighted by atomic mass is 32.1. The third-order valence-electron chi connectivity index (χ3n) is 4.70. The molecule has 2 N–H and O–H groups in total. The first-order valence-corrected chi connectivity index (χ1v) is 8.48. The van der Waals surface area contributed by atoms with Gasteiger partial charge in [-0.15, -0.1) is 11.3 Å². The van der Waals surface area contributed by atoms with Gasteiger partial charge in [0, 0.05) is 24.0 Å². The molecule has 1 aliphatic heterocycles. The van der Waals surface area contributed by atoms with Crippen LogP contribution in [0.4, 0.5) is 5.13 Å². The minimum atomic E-state index is 0.480. The van der Waals surface area contributed by atoms with Gasteiger partial charge in [-0.25, -0.2) is 4.98 Å². The molecule has 0 radical (unpaired) electrons. The average Bonchev–Trinajstić information content (AvgIpc) is 3.01. The Morgan fingerprint density at radius 1 is 1.32 bits per heavy atom. The number of aromatic nitrogens is 1. The van der Waals surface area contributed by atoms with Crippen molar-refractivity contribution < 1.29 is 0 Å². The number of rotatable bonds is 3. The highest BCUT2D eigenvalue weighted by Gasteiger charge is 2.37. The lowest BCUT2D eigenvalue weighted by Gasteiger charge is -2.31. The van der Waals surface area contributed by atoms with E-state index in [0.29, 0.717) is 12.5 Å². The summed E-state index contributed by atoms with van der Waals surface area (Å²) < 4.78 is 0. The maximum atomic E-state index is 5.88. The van der Waals surface area contributed by atoms with Crippen LogP contribution < -0.4 is 10.6 Å². The molecule has 0 amide bonds. The highest BCUT2D eigenvalue weighted by Crippen LogP contribution is 2.41. The van der Waals surface area contributed by atoms with Gasteiger partial charge in [0.1, 0.15) is 0 Å². The van der Waals surface area contributed by atoms with E-state index in [9.17, 15) is 0 Å².